The van der Waals surface area contributed by atoms with Crippen LogP contribution in [-0.2, 0) is 0 Å². The molecule has 0 saturated carbocycles. The van der Waals surface area contributed by atoms with E-state index in [1.807, 2.05) is 36.8 Å². The molecule has 3 aromatic heterocycles. The van der Waals surface area contributed by atoms with Gasteiger partial charge < -0.3 is 9.72 Å². The van der Waals surface area contributed by atoms with Crippen LogP contribution in [0.25, 0.3) is 11.5 Å². The van der Waals surface area contributed by atoms with Crippen LogP contribution in [0.1, 0.15) is 12.5 Å². The smallest absolute Gasteiger partial charge is 0.199 e. The fourth-order valence-electron chi connectivity index (χ4n) is 1.86. The molecule has 0 bridgehead atoms. The number of nitrogens with zero attached hydrogens (tertiary/aromatic N) is 5. The summed E-state index contributed by atoms with van der Waals surface area (Å²) in [6.45, 7) is 4.86. The van der Waals surface area contributed by atoms with E-state index in [-0.39, 0.29) is 0 Å². The van der Waals surface area contributed by atoms with Crippen molar-refractivity contribution in [3.05, 3.63) is 36.5 Å². The zero-order valence-electron chi connectivity index (χ0n) is 10.3. The Morgan fingerprint density at radius 2 is 2.22 bits per heavy atom. The first-order valence-corrected chi connectivity index (χ1v) is 5.87. The number of aromatic nitrogens is 5. The molecular formula is C12H14N6. The van der Waals surface area contributed by atoms with E-state index in [2.05, 4.69) is 20.4 Å². The maximum Gasteiger partial charge on any atom is 0.199 e. The maximum atomic E-state index is 4.55. The van der Waals surface area contributed by atoms with Crippen LogP contribution >= 0.6 is 0 Å². The van der Waals surface area contributed by atoms with E-state index in [0.29, 0.717) is 0 Å². The predicted molar refractivity (Wildman–Crippen MR) is 69.0 cm³/mol. The Morgan fingerprint density at radius 3 is 2.94 bits per heavy atom. The number of aryl methyl sites for hydroxylation is 1. The Morgan fingerprint density at radius 1 is 1.33 bits per heavy atom. The van der Waals surface area contributed by atoms with E-state index in [0.717, 1.165) is 29.4 Å². The lowest BCUT2D eigenvalue weighted by atomic mass is 10.4. The van der Waals surface area contributed by atoms with E-state index >= 15 is 0 Å². The van der Waals surface area contributed by atoms with Crippen LogP contribution in [0.15, 0.2) is 31.0 Å². The van der Waals surface area contributed by atoms with Crippen molar-refractivity contribution in [3.63, 3.8) is 0 Å². The van der Waals surface area contributed by atoms with Gasteiger partial charge in [0.1, 0.15) is 5.82 Å². The third-order valence-electron chi connectivity index (χ3n) is 2.64. The summed E-state index contributed by atoms with van der Waals surface area (Å²) in [7, 11) is 0. The molecule has 0 saturated heterocycles. The Hall–Kier alpha value is -2.37. The van der Waals surface area contributed by atoms with Gasteiger partial charge in [0.2, 0.25) is 0 Å². The number of hydrogen-bond acceptors (Lipinski definition) is 4. The van der Waals surface area contributed by atoms with E-state index < -0.39 is 0 Å². The highest BCUT2D eigenvalue weighted by Gasteiger charge is 2.09. The van der Waals surface area contributed by atoms with Crippen molar-refractivity contribution in [1.29, 1.82) is 0 Å². The Bertz CT molecular complexity index is 681. The minimum absolute atomic E-state index is 0.728. The van der Waals surface area contributed by atoms with Crippen LogP contribution in [0.2, 0.25) is 0 Å². The van der Waals surface area contributed by atoms with Gasteiger partial charge in [-0.3, -0.25) is 0 Å². The van der Waals surface area contributed by atoms with Gasteiger partial charge in [0.25, 0.3) is 0 Å². The van der Waals surface area contributed by atoms with Gasteiger partial charge >= 0.3 is 0 Å². The van der Waals surface area contributed by atoms with E-state index in [1.165, 1.54) is 0 Å². The van der Waals surface area contributed by atoms with E-state index in [1.54, 1.807) is 17.1 Å². The van der Waals surface area contributed by atoms with Crippen molar-refractivity contribution >= 4 is 11.5 Å². The molecule has 0 aliphatic heterocycles. The van der Waals surface area contributed by atoms with Gasteiger partial charge in [0.05, 0.1) is 12.4 Å². The SMILES string of the molecule is CCNc1cn2ccnc2c(-n2cc(C)cn2)n1. The number of anilines is 1. The van der Waals surface area contributed by atoms with E-state index in [9.17, 15) is 0 Å². The molecule has 0 unspecified atom stereocenters. The molecule has 0 amide bonds. The molecule has 0 spiro atoms. The van der Waals surface area contributed by atoms with Gasteiger partial charge in [-0.2, -0.15) is 5.10 Å². The molecule has 0 atom stereocenters. The third-order valence-corrected chi connectivity index (χ3v) is 2.64. The van der Waals surface area contributed by atoms with Crippen molar-refractivity contribution in [3.8, 4) is 5.82 Å². The molecule has 0 aliphatic carbocycles. The lowest BCUT2D eigenvalue weighted by Gasteiger charge is -2.07. The molecular weight excluding hydrogens is 228 g/mol. The van der Waals surface area contributed by atoms with E-state index in [4.69, 9.17) is 0 Å². The van der Waals surface area contributed by atoms with Crippen molar-refractivity contribution in [2.45, 2.75) is 13.8 Å². The molecule has 3 heterocycles. The van der Waals surface area contributed by atoms with Gasteiger partial charge in [-0.1, -0.05) is 0 Å². The maximum absolute atomic E-state index is 4.55. The second kappa shape index (κ2) is 4.14. The highest BCUT2D eigenvalue weighted by molar-refractivity contribution is 5.57. The highest BCUT2D eigenvalue weighted by Crippen LogP contribution is 2.15. The first-order valence-electron chi connectivity index (χ1n) is 5.87. The quantitative estimate of drug-likeness (QED) is 0.758. The van der Waals surface area contributed by atoms with Gasteiger partial charge in [-0.25, -0.2) is 14.6 Å². The first kappa shape index (κ1) is 10.8. The van der Waals surface area contributed by atoms with Gasteiger partial charge in [0.15, 0.2) is 11.5 Å². The number of fused-ring (bicyclic) bond motifs is 1. The Kier molecular flexibility index (Phi) is 2.47. The normalized spacial score (nSPS) is 11.0. The predicted octanol–water partition coefficient (Wildman–Crippen LogP) is 1.66. The molecule has 3 aromatic rings. The standard InChI is InChI=1S/C12H14N6/c1-3-13-10-8-17-5-4-14-11(17)12(16-10)18-7-9(2)6-15-18/h4-8,13H,3H2,1-2H3. The van der Waals surface area contributed by atoms with Crippen molar-refractivity contribution in [2.75, 3.05) is 11.9 Å². The van der Waals surface area contributed by atoms with Crippen LogP contribution in [0.4, 0.5) is 5.82 Å². The highest BCUT2D eigenvalue weighted by atomic mass is 15.3. The zero-order chi connectivity index (χ0) is 12.5. The van der Waals surface area contributed by atoms with Crippen LogP contribution in [0, 0.1) is 6.92 Å². The van der Waals surface area contributed by atoms with Crippen molar-refractivity contribution < 1.29 is 0 Å². The Labute approximate surface area is 104 Å². The van der Waals surface area contributed by atoms with Crippen molar-refractivity contribution in [1.82, 2.24) is 24.1 Å². The summed E-state index contributed by atoms with van der Waals surface area (Å²) in [6, 6.07) is 0. The lowest BCUT2D eigenvalue weighted by Crippen LogP contribution is -2.07. The average Bonchev–Trinajstić information content (AvgIpc) is 2.97. The van der Waals surface area contributed by atoms with Crippen LogP contribution < -0.4 is 5.32 Å². The van der Waals surface area contributed by atoms with Gasteiger partial charge in [0, 0.05) is 25.1 Å². The first-order chi connectivity index (χ1) is 8.78. The summed E-state index contributed by atoms with van der Waals surface area (Å²) in [5.41, 5.74) is 1.88. The van der Waals surface area contributed by atoms with Crippen molar-refractivity contribution in [2.24, 2.45) is 0 Å². The average molecular weight is 242 g/mol. The molecule has 6 heteroatoms. The topological polar surface area (TPSA) is 60.0 Å². The molecule has 0 fully saturated rings. The molecule has 0 radical (unpaired) electrons. The summed E-state index contributed by atoms with van der Waals surface area (Å²) < 4.78 is 3.69. The molecule has 0 aliphatic rings. The molecule has 0 aromatic carbocycles. The minimum Gasteiger partial charge on any atom is -0.369 e. The lowest BCUT2D eigenvalue weighted by molar-refractivity contribution is 0.841. The molecule has 6 nitrogen and oxygen atoms in total. The molecule has 18 heavy (non-hydrogen) atoms. The van der Waals surface area contributed by atoms with Crippen LogP contribution in [0.5, 0.6) is 0 Å². The number of nitrogens with one attached hydrogen (secondary N) is 1. The molecule has 3 rings (SSSR count). The van der Waals surface area contributed by atoms with Crippen LogP contribution in [0.3, 0.4) is 0 Å². The third kappa shape index (κ3) is 1.71. The van der Waals surface area contributed by atoms with Gasteiger partial charge in [-0.05, 0) is 19.4 Å². The fraction of sp³-hybridized carbons (Fsp3) is 0.250. The summed E-state index contributed by atoms with van der Waals surface area (Å²) in [5, 5.41) is 7.50. The number of rotatable bonds is 3. The summed E-state index contributed by atoms with van der Waals surface area (Å²) in [4.78, 5) is 8.87. The Balaban J connectivity index is 2.22. The molecule has 92 valence electrons. The summed E-state index contributed by atoms with van der Waals surface area (Å²) in [6.07, 6.45) is 9.32. The minimum atomic E-state index is 0.728. The largest absolute Gasteiger partial charge is 0.369 e. The molecule has 1 N–H and O–H groups in total. The fourth-order valence-corrected chi connectivity index (χ4v) is 1.86. The zero-order valence-corrected chi connectivity index (χ0v) is 10.3. The summed E-state index contributed by atoms with van der Waals surface area (Å²) >= 11 is 0. The summed E-state index contributed by atoms with van der Waals surface area (Å²) in [5.74, 6) is 1.54. The second-order valence-corrected chi connectivity index (χ2v) is 4.10. The second-order valence-electron chi connectivity index (χ2n) is 4.10. The van der Waals surface area contributed by atoms with Crippen LogP contribution in [-0.4, -0.2) is 30.7 Å². The number of imidazole rings is 1. The monoisotopic (exact) mass is 242 g/mol. The number of hydrogen-bond donors (Lipinski definition) is 1. The van der Waals surface area contributed by atoms with Gasteiger partial charge in [-0.15, -0.1) is 0 Å².